The number of amides is 1. The molecule has 0 saturated heterocycles. The predicted molar refractivity (Wildman–Crippen MR) is 82.3 cm³/mol. The van der Waals surface area contributed by atoms with Gasteiger partial charge in [-0.1, -0.05) is 6.92 Å². The van der Waals surface area contributed by atoms with Crippen LogP contribution in [0.2, 0.25) is 0 Å². The normalized spacial score (nSPS) is 10.5. The highest BCUT2D eigenvalue weighted by atomic mass is 16.1. The van der Waals surface area contributed by atoms with E-state index in [0.717, 1.165) is 29.1 Å². The van der Waals surface area contributed by atoms with Gasteiger partial charge in [0.05, 0.1) is 16.9 Å². The lowest BCUT2D eigenvalue weighted by molar-refractivity contribution is 0.0951. The smallest absolute Gasteiger partial charge is 0.255 e. The van der Waals surface area contributed by atoms with E-state index in [0.29, 0.717) is 12.1 Å². The van der Waals surface area contributed by atoms with E-state index in [4.69, 9.17) is 0 Å². The summed E-state index contributed by atoms with van der Waals surface area (Å²) in [6.07, 6.45) is 4.38. The Hall–Kier alpha value is -2.37. The summed E-state index contributed by atoms with van der Waals surface area (Å²) in [6, 6.07) is 1.86. The van der Waals surface area contributed by atoms with Crippen molar-refractivity contribution in [3.8, 4) is 0 Å². The zero-order chi connectivity index (χ0) is 15.4. The number of pyridine rings is 1. The number of anilines is 1. The van der Waals surface area contributed by atoms with Crippen LogP contribution in [-0.2, 0) is 20.0 Å². The van der Waals surface area contributed by atoms with Gasteiger partial charge in [0.25, 0.3) is 5.91 Å². The maximum atomic E-state index is 12.3. The summed E-state index contributed by atoms with van der Waals surface area (Å²) in [5, 5.41) is 10.3. The van der Waals surface area contributed by atoms with Gasteiger partial charge in [-0.2, -0.15) is 5.10 Å². The topological polar surface area (TPSA) is 71.8 Å². The zero-order valence-electron chi connectivity index (χ0n) is 12.9. The molecule has 21 heavy (non-hydrogen) atoms. The van der Waals surface area contributed by atoms with Crippen molar-refractivity contribution in [3.63, 3.8) is 0 Å². The van der Waals surface area contributed by atoms with Gasteiger partial charge in [0.2, 0.25) is 0 Å². The van der Waals surface area contributed by atoms with Crippen molar-refractivity contribution >= 4 is 11.6 Å². The fourth-order valence-electron chi connectivity index (χ4n) is 2.25. The summed E-state index contributed by atoms with van der Waals surface area (Å²) in [5.41, 5.74) is 4.25. The quantitative estimate of drug-likeness (QED) is 0.877. The Morgan fingerprint density at radius 1 is 1.43 bits per heavy atom. The average Bonchev–Trinajstić information content (AvgIpc) is 2.84. The number of carbonyl (C=O) groups excluding carboxylic acids is 1. The minimum absolute atomic E-state index is 0.141. The standard InChI is InChI=1S/C15H21N5O/c1-5-13-11(9-20(4)19-13)7-18-15(21)12-8-17-10(2)6-14(12)16-3/h6,8-9H,5,7H2,1-4H3,(H,16,17)(H,18,21). The van der Waals surface area contributed by atoms with Gasteiger partial charge in [-0.05, 0) is 19.4 Å². The number of carbonyl (C=O) groups is 1. The van der Waals surface area contributed by atoms with Crippen LogP contribution in [0.3, 0.4) is 0 Å². The largest absolute Gasteiger partial charge is 0.387 e. The fraction of sp³-hybridized carbons (Fsp3) is 0.400. The van der Waals surface area contributed by atoms with Gasteiger partial charge < -0.3 is 10.6 Å². The second-order valence-electron chi connectivity index (χ2n) is 4.93. The van der Waals surface area contributed by atoms with Crippen molar-refractivity contribution in [2.75, 3.05) is 12.4 Å². The highest BCUT2D eigenvalue weighted by Gasteiger charge is 2.13. The van der Waals surface area contributed by atoms with E-state index in [1.807, 2.05) is 26.2 Å². The zero-order valence-corrected chi connectivity index (χ0v) is 12.9. The number of hydrogen-bond acceptors (Lipinski definition) is 4. The molecule has 0 aliphatic carbocycles. The van der Waals surface area contributed by atoms with Gasteiger partial charge in [-0.15, -0.1) is 0 Å². The number of hydrogen-bond donors (Lipinski definition) is 2. The summed E-state index contributed by atoms with van der Waals surface area (Å²) in [6.45, 7) is 4.41. The Morgan fingerprint density at radius 3 is 2.86 bits per heavy atom. The maximum absolute atomic E-state index is 12.3. The number of nitrogens with one attached hydrogen (secondary N) is 2. The van der Waals surface area contributed by atoms with Crippen molar-refractivity contribution in [1.29, 1.82) is 0 Å². The number of rotatable bonds is 5. The van der Waals surface area contributed by atoms with Gasteiger partial charge >= 0.3 is 0 Å². The molecule has 2 aromatic heterocycles. The Labute approximate surface area is 124 Å². The Kier molecular flexibility index (Phi) is 4.57. The Morgan fingerprint density at radius 2 is 2.19 bits per heavy atom. The molecule has 0 unspecified atom stereocenters. The molecule has 2 heterocycles. The highest BCUT2D eigenvalue weighted by Crippen LogP contribution is 2.15. The SMILES string of the molecule is CCc1nn(C)cc1CNC(=O)c1cnc(C)cc1NC. The fourth-order valence-corrected chi connectivity index (χ4v) is 2.25. The van der Waals surface area contributed by atoms with Crippen LogP contribution < -0.4 is 10.6 Å². The van der Waals surface area contributed by atoms with Gasteiger partial charge in [0.15, 0.2) is 0 Å². The first-order valence-electron chi connectivity index (χ1n) is 6.99. The number of aromatic nitrogens is 3. The second kappa shape index (κ2) is 6.39. The number of nitrogens with zero attached hydrogens (tertiary/aromatic N) is 3. The van der Waals surface area contributed by atoms with Crippen LogP contribution in [-0.4, -0.2) is 27.7 Å². The monoisotopic (exact) mass is 287 g/mol. The second-order valence-corrected chi connectivity index (χ2v) is 4.93. The van der Waals surface area contributed by atoms with E-state index in [9.17, 15) is 4.79 Å². The minimum atomic E-state index is -0.141. The van der Waals surface area contributed by atoms with Crippen LogP contribution in [0, 0.1) is 6.92 Å². The molecule has 0 aliphatic heterocycles. The summed E-state index contributed by atoms with van der Waals surface area (Å²) in [4.78, 5) is 16.5. The molecule has 0 aromatic carbocycles. The van der Waals surface area contributed by atoms with Crippen LogP contribution in [0.4, 0.5) is 5.69 Å². The molecule has 2 rings (SSSR count). The van der Waals surface area contributed by atoms with E-state index in [1.54, 1.807) is 17.9 Å². The van der Waals surface area contributed by atoms with E-state index in [-0.39, 0.29) is 5.91 Å². The van der Waals surface area contributed by atoms with E-state index >= 15 is 0 Å². The highest BCUT2D eigenvalue weighted by molar-refractivity contribution is 5.99. The molecule has 112 valence electrons. The first-order valence-corrected chi connectivity index (χ1v) is 6.99. The molecule has 0 atom stereocenters. The first-order chi connectivity index (χ1) is 10.0. The number of aryl methyl sites for hydroxylation is 3. The van der Waals surface area contributed by atoms with Gasteiger partial charge in [-0.25, -0.2) is 0 Å². The van der Waals surface area contributed by atoms with Gasteiger partial charge in [0, 0.05) is 44.3 Å². The van der Waals surface area contributed by atoms with E-state index in [2.05, 4.69) is 27.6 Å². The average molecular weight is 287 g/mol. The Bertz CT molecular complexity index is 648. The lowest BCUT2D eigenvalue weighted by Crippen LogP contribution is -2.24. The van der Waals surface area contributed by atoms with E-state index < -0.39 is 0 Å². The summed E-state index contributed by atoms with van der Waals surface area (Å²) < 4.78 is 1.77. The van der Waals surface area contributed by atoms with Crippen LogP contribution >= 0.6 is 0 Å². The van der Waals surface area contributed by atoms with Crippen molar-refractivity contribution < 1.29 is 4.79 Å². The van der Waals surface area contributed by atoms with Crippen LogP contribution in [0.15, 0.2) is 18.5 Å². The van der Waals surface area contributed by atoms with Crippen LogP contribution in [0.25, 0.3) is 0 Å². The molecular weight excluding hydrogens is 266 g/mol. The first kappa shape index (κ1) is 15.0. The molecule has 0 spiro atoms. The molecule has 0 bridgehead atoms. The van der Waals surface area contributed by atoms with Crippen LogP contribution in [0.1, 0.15) is 34.2 Å². The molecule has 2 N–H and O–H groups in total. The molecule has 1 amide bonds. The third kappa shape index (κ3) is 3.39. The molecular formula is C15H21N5O. The maximum Gasteiger partial charge on any atom is 0.255 e. The third-order valence-electron chi connectivity index (χ3n) is 3.32. The summed E-state index contributed by atoms with van der Waals surface area (Å²) >= 11 is 0. The molecule has 0 fully saturated rings. The summed E-state index contributed by atoms with van der Waals surface area (Å²) in [7, 11) is 3.68. The van der Waals surface area contributed by atoms with Crippen LogP contribution in [0.5, 0.6) is 0 Å². The predicted octanol–water partition coefficient (Wildman–Crippen LogP) is 1.66. The molecule has 0 radical (unpaired) electrons. The van der Waals surface area contributed by atoms with Crippen molar-refractivity contribution in [3.05, 3.63) is 41.0 Å². The molecule has 6 nitrogen and oxygen atoms in total. The molecule has 0 aliphatic rings. The van der Waals surface area contributed by atoms with Crippen molar-refractivity contribution in [1.82, 2.24) is 20.1 Å². The van der Waals surface area contributed by atoms with Gasteiger partial charge in [0.1, 0.15) is 0 Å². The lowest BCUT2D eigenvalue weighted by atomic mass is 10.1. The molecule has 0 saturated carbocycles. The minimum Gasteiger partial charge on any atom is -0.387 e. The summed E-state index contributed by atoms with van der Waals surface area (Å²) in [5.74, 6) is -0.141. The third-order valence-corrected chi connectivity index (χ3v) is 3.32. The van der Waals surface area contributed by atoms with Crippen molar-refractivity contribution in [2.45, 2.75) is 26.8 Å². The Balaban J connectivity index is 2.11. The van der Waals surface area contributed by atoms with E-state index in [1.165, 1.54) is 0 Å². The van der Waals surface area contributed by atoms with Gasteiger partial charge in [-0.3, -0.25) is 14.5 Å². The van der Waals surface area contributed by atoms with Crippen molar-refractivity contribution in [2.24, 2.45) is 7.05 Å². The molecule has 6 heteroatoms. The molecule has 2 aromatic rings. The lowest BCUT2D eigenvalue weighted by Gasteiger charge is -2.10.